The van der Waals surface area contributed by atoms with E-state index in [4.69, 9.17) is 0 Å². The van der Waals surface area contributed by atoms with Crippen LogP contribution in [0.15, 0.2) is 23.6 Å². The average molecular weight is 322 g/mol. The SMILES string of the molecule is CCCc1nc(C)c(CNC(=O)CSc2ncccn2)s1. The maximum absolute atomic E-state index is 11.8. The lowest BCUT2D eigenvalue weighted by atomic mass is 10.3. The number of amides is 1. The molecule has 0 fully saturated rings. The van der Waals surface area contributed by atoms with Gasteiger partial charge < -0.3 is 5.32 Å². The zero-order valence-electron chi connectivity index (χ0n) is 12.1. The zero-order chi connectivity index (χ0) is 15.1. The molecule has 0 atom stereocenters. The summed E-state index contributed by atoms with van der Waals surface area (Å²) >= 11 is 3.02. The maximum atomic E-state index is 11.8. The normalized spacial score (nSPS) is 10.6. The van der Waals surface area contributed by atoms with E-state index in [1.54, 1.807) is 29.8 Å². The Kier molecular flexibility index (Phi) is 6.13. The highest BCUT2D eigenvalue weighted by Crippen LogP contribution is 2.19. The highest BCUT2D eigenvalue weighted by Gasteiger charge is 2.09. The van der Waals surface area contributed by atoms with Crippen LogP contribution in [0.5, 0.6) is 0 Å². The molecule has 2 aromatic rings. The van der Waals surface area contributed by atoms with Gasteiger partial charge in [-0.2, -0.15) is 0 Å². The summed E-state index contributed by atoms with van der Waals surface area (Å²) < 4.78 is 0. The molecule has 0 aliphatic heterocycles. The number of hydrogen-bond donors (Lipinski definition) is 1. The Labute approximate surface area is 132 Å². The van der Waals surface area contributed by atoms with E-state index in [9.17, 15) is 4.79 Å². The molecular weight excluding hydrogens is 304 g/mol. The number of aryl methyl sites for hydroxylation is 2. The number of hydrogen-bond acceptors (Lipinski definition) is 6. The number of nitrogens with one attached hydrogen (secondary N) is 1. The highest BCUT2D eigenvalue weighted by molar-refractivity contribution is 7.99. The van der Waals surface area contributed by atoms with E-state index in [1.807, 2.05) is 6.92 Å². The van der Waals surface area contributed by atoms with E-state index in [-0.39, 0.29) is 5.91 Å². The van der Waals surface area contributed by atoms with Crippen LogP contribution >= 0.6 is 23.1 Å². The lowest BCUT2D eigenvalue weighted by Crippen LogP contribution is -2.24. The molecule has 0 aromatic carbocycles. The molecule has 0 saturated heterocycles. The monoisotopic (exact) mass is 322 g/mol. The maximum Gasteiger partial charge on any atom is 0.230 e. The first-order valence-electron chi connectivity index (χ1n) is 6.80. The summed E-state index contributed by atoms with van der Waals surface area (Å²) in [6, 6.07) is 1.75. The van der Waals surface area contributed by atoms with Gasteiger partial charge >= 0.3 is 0 Å². The summed E-state index contributed by atoms with van der Waals surface area (Å²) in [6.07, 6.45) is 5.43. The molecule has 0 saturated carbocycles. The smallest absolute Gasteiger partial charge is 0.230 e. The summed E-state index contributed by atoms with van der Waals surface area (Å²) in [5.74, 6) is 0.307. The standard InChI is InChI=1S/C14H18N4OS2/c1-3-5-13-18-10(2)11(21-13)8-17-12(19)9-20-14-15-6-4-7-16-14/h4,6-7H,3,5,8-9H2,1-2H3,(H,17,19). The minimum atomic E-state index is -0.0164. The minimum Gasteiger partial charge on any atom is -0.350 e. The fourth-order valence-electron chi connectivity index (χ4n) is 1.69. The van der Waals surface area contributed by atoms with Crippen LogP contribution in [0, 0.1) is 6.92 Å². The van der Waals surface area contributed by atoms with Gasteiger partial charge in [0, 0.05) is 17.3 Å². The molecule has 0 unspecified atom stereocenters. The van der Waals surface area contributed by atoms with Crippen molar-refractivity contribution >= 4 is 29.0 Å². The van der Waals surface area contributed by atoms with Crippen LogP contribution in [0.2, 0.25) is 0 Å². The lowest BCUT2D eigenvalue weighted by molar-refractivity contribution is -0.118. The molecule has 0 aliphatic carbocycles. The lowest BCUT2D eigenvalue weighted by Gasteiger charge is -2.03. The van der Waals surface area contributed by atoms with Gasteiger partial charge in [0.1, 0.15) is 0 Å². The second kappa shape index (κ2) is 8.09. The van der Waals surface area contributed by atoms with Crippen molar-refractivity contribution in [3.63, 3.8) is 0 Å². The molecule has 1 amide bonds. The van der Waals surface area contributed by atoms with Crippen molar-refractivity contribution in [2.75, 3.05) is 5.75 Å². The van der Waals surface area contributed by atoms with Gasteiger partial charge in [-0.15, -0.1) is 11.3 Å². The average Bonchev–Trinajstić information content (AvgIpc) is 2.84. The van der Waals surface area contributed by atoms with Gasteiger partial charge in [0.25, 0.3) is 0 Å². The van der Waals surface area contributed by atoms with E-state index in [1.165, 1.54) is 11.8 Å². The van der Waals surface area contributed by atoms with Gasteiger partial charge in [0.15, 0.2) is 5.16 Å². The molecule has 2 aromatic heterocycles. The van der Waals surface area contributed by atoms with Crippen LogP contribution in [0.3, 0.4) is 0 Å². The minimum absolute atomic E-state index is 0.0164. The van der Waals surface area contributed by atoms with Gasteiger partial charge in [0.05, 0.1) is 23.0 Å². The number of carbonyl (C=O) groups is 1. The van der Waals surface area contributed by atoms with Crippen molar-refractivity contribution in [3.8, 4) is 0 Å². The first kappa shape index (κ1) is 15.9. The van der Waals surface area contributed by atoms with Gasteiger partial charge in [-0.05, 0) is 25.8 Å². The summed E-state index contributed by atoms with van der Waals surface area (Å²) in [5.41, 5.74) is 1.02. The molecule has 0 aliphatic rings. The Morgan fingerprint density at radius 2 is 2.14 bits per heavy atom. The Morgan fingerprint density at radius 3 is 2.86 bits per heavy atom. The van der Waals surface area contributed by atoms with Crippen molar-refractivity contribution in [3.05, 3.63) is 34.0 Å². The van der Waals surface area contributed by atoms with E-state index in [0.717, 1.165) is 28.4 Å². The van der Waals surface area contributed by atoms with Gasteiger partial charge in [-0.3, -0.25) is 4.79 Å². The van der Waals surface area contributed by atoms with Crippen molar-refractivity contribution in [2.45, 2.75) is 38.4 Å². The molecule has 21 heavy (non-hydrogen) atoms. The molecule has 2 rings (SSSR count). The van der Waals surface area contributed by atoms with E-state index < -0.39 is 0 Å². The van der Waals surface area contributed by atoms with Crippen molar-refractivity contribution < 1.29 is 4.79 Å². The molecule has 1 N–H and O–H groups in total. The van der Waals surface area contributed by atoms with Gasteiger partial charge in [0.2, 0.25) is 5.91 Å². The number of thiazole rings is 1. The second-order valence-electron chi connectivity index (χ2n) is 4.46. The first-order valence-corrected chi connectivity index (χ1v) is 8.61. The molecule has 112 valence electrons. The highest BCUT2D eigenvalue weighted by atomic mass is 32.2. The number of nitrogens with zero attached hydrogens (tertiary/aromatic N) is 3. The fraction of sp³-hybridized carbons (Fsp3) is 0.429. The third kappa shape index (κ3) is 5.09. The van der Waals surface area contributed by atoms with E-state index >= 15 is 0 Å². The van der Waals surface area contributed by atoms with Crippen molar-refractivity contribution in [1.82, 2.24) is 20.3 Å². The summed E-state index contributed by atoms with van der Waals surface area (Å²) in [5, 5.41) is 4.68. The molecular formula is C14H18N4OS2. The molecule has 0 bridgehead atoms. The molecule has 0 spiro atoms. The molecule has 5 nitrogen and oxygen atoms in total. The Morgan fingerprint density at radius 1 is 1.38 bits per heavy atom. The summed E-state index contributed by atoms with van der Waals surface area (Å²) in [7, 11) is 0. The van der Waals surface area contributed by atoms with E-state index in [0.29, 0.717) is 17.5 Å². The largest absolute Gasteiger partial charge is 0.350 e. The van der Waals surface area contributed by atoms with Crippen LogP contribution in [-0.4, -0.2) is 26.6 Å². The van der Waals surface area contributed by atoms with Crippen molar-refractivity contribution in [2.24, 2.45) is 0 Å². The first-order chi connectivity index (χ1) is 10.2. The van der Waals surface area contributed by atoms with Crippen LogP contribution in [0.25, 0.3) is 0 Å². The van der Waals surface area contributed by atoms with E-state index in [2.05, 4.69) is 27.2 Å². The second-order valence-corrected chi connectivity index (χ2v) is 6.57. The molecule has 2 heterocycles. The van der Waals surface area contributed by atoms with Crippen LogP contribution < -0.4 is 5.32 Å². The Hall–Kier alpha value is -1.47. The fourth-order valence-corrected chi connectivity index (χ4v) is 3.44. The van der Waals surface area contributed by atoms with Gasteiger partial charge in [-0.1, -0.05) is 18.7 Å². The van der Waals surface area contributed by atoms with Crippen LogP contribution in [-0.2, 0) is 17.8 Å². The predicted octanol–water partition coefficient (Wildman–Crippen LogP) is 2.60. The number of aromatic nitrogens is 3. The van der Waals surface area contributed by atoms with Crippen LogP contribution in [0.4, 0.5) is 0 Å². The topological polar surface area (TPSA) is 67.8 Å². The Bertz CT molecular complexity index is 586. The Balaban J connectivity index is 1.78. The predicted molar refractivity (Wildman–Crippen MR) is 85.4 cm³/mol. The summed E-state index contributed by atoms with van der Waals surface area (Å²) in [6.45, 7) is 4.67. The third-order valence-corrected chi connectivity index (χ3v) is 4.81. The number of rotatable bonds is 7. The van der Waals surface area contributed by atoms with Crippen molar-refractivity contribution in [1.29, 1.82) is 0 Å². The number of carbonyl (C=O) groups excluding carboxylic acids is 1. The molecule has 7 heteroatoms. The quantitative estimate of drug-likeness (QED) is 0.627. The number of thioether (sulfide) groups is 1. The summed E-state index contributed by atoms with van der Waals surface area (Å²) in [4.78, 5) is 25.6. The van der Waals surface area contributed by atoms with Crippen LogP contribution in [0.1, 0.15) is 28.9 Å². The zero-order valence-corrected chi connectivity index (χ0v) is 13.8. The molecule has 0 radical (unpaired) electrons. The van der Waals surface area contributed by atoms with Gasteiger partial charge in [-0.25, -0.2) is 15.0 Å². The third-order valence-electron chi connectivity index (χ3n) is 2.72.